The Balaban J connectivity index is 1.84. The highest BCUT2D eigenvalue weighted by Gasteiger charge is 2.42. The van der Waals surface area contributed by atoms with Gasteiger partial charge in [-0.2, -0.15) is 0 Å². The van der Waals surface area contributed by atoms with Crippen molar-refractivity contribution in [3.63, 3.8) is 0 Å². The minimum absolute atomic E-state index is 0.223. The van der Waals surface area contributed by atoms with E-state index in [2.05, 4.69) is 6.92 Å². The quantitative estimate of drug-likeness (QED) is 0.555. The Hall–Kier alpha value is -0.0800. The average molecular weight is 142 g/mol. The maximum absolute atomic E-state index is 5.54. The third kappa shape index (κ3) is 1.06. The third-order valence-electron chi connectivity index (χ3n) is 2.61. The normalized spacial score (nSPS) is 44.7. The van der Waals surface area contributed by atoms with Gasteiger partial charge in [0.25, 0.3) is 0 Å². The van der Waals surface area contributed by atoms with Crippen LogP contribution in [0.25, 0.3) is 0 Å². The molecule has 2 aliphatic rings. The van der Waals surface area contributed by atoms with E-state index in [1.165, 1.54) is 6.42 Å². The van der Waals surface area contributed by atoms with Crippen LogP contribution >= 0.6 is 0 Å². The van der Waals surface area contributed by atoms with Crippen LogP contribution in [0.5, 0.6) is 0 Å². The van der Waals surface area contributed by atoms with E-state index >= 15 is 0 Å². The Morgan fingerprint density at radius 3 is 2.60 bits per heavy atom. The summed E-state index contributed by atoms with van der Waals surface area (Å²) < 4.78 is 10.7. The molecule has 10 heavy (non-hydrogen) atoms. The first-order valence-electron chi connectivity index (χ1n) is 4.10. The van der Waals surface area contributed by atoms with Crippen LogP contribution in [0, 0.1) is 0 Å². The first kappa shape index (κ1) is 6.62. The molecule has 0 amide bonds. The zero-order valence-electron chi connectivity index (χ0n) is 6.43. The number of ether oxygens (including phenoxy) is 2. The molecule has 2 rings (SSSR count). The summed E-state index contributed by atoms with van der Waals surface area (Å²) in [5.41, 5.74) is 0.223. The van der Waals surface area contributed by atoms with Crippen molar-refractivity contribution < 1.29 is 9.47 Å². The molecule has 2 atom stereocenters. The van der Waals surface area contributed by atoms with Gasteiger partial charge in [-0.15, -0.1) is 0 Å². The zero-order valence-corrected chi connectivity index (χ0v) is 6.43. The molecule has 2 fully saturated rings. The number of rotatable bonds is 3. The third-order valence-corrected chi connectivity index (χ3v) is 2.61. The van der Waals surface area contributed by atoms with Gasteiger partial charge >= 0.3 is 0 Å². The first-order chi connectivity index (χ1) is 4.85. The van der Waals surface area contributed by atoms with E-state index in [4.69, 9.17) is 9.47 Å². The summed E-state index contributed by atoms with van der Waals surface area (Å²) in [6.45, 7) is 4.12. The van der Waals surface area contributed by atoms with Crippen molar-refractivity contribution in [2.24, 2.45) is 0 Å². The summed E-state index contributed by atoms with van der Waals surface area (Å²) in [5, 5.41) is 0. The number of hydrogen-bond donors (Lipinski definition) is 0. The number of epoxide rings is 1. The predicted molar refractivity (Wildman–Crippen MR) is 37.9 cm³/mol. The lowest BCUT2D eigenvalue weighted by Crippen LogP contribution is -2.44. The van der Waals surface area contributed by atoms with E-state index in [0.717, 1.165) is 26.1 Å². The minimum Gasteiger partial charge on any atom is -0.375 e. The van der Waals surface area contributed by atoms with Gasteiger partial charge in [0.05, 0.1) is 24.9 Å². The van der Waals surface area contributed by atoms with Crippen LogP contribution in [0.15, 0.2) is 0 Å². The van der Waals surface area contributed by atoms with Gasteiger partial charge < -0.3 is 9.47 Å². The molecule has 0 saturated carbocycles. The molecule has 0 radical (unpaired) electrons. The topological polar surface area (TPSA) is 21.8 Å². The van der Waals surface area contributed by atoms with Gasteiger partial charge in [-0.25, -0.2) is 0 Å². The fraction of sp³-hybridized carbons (Fsp3) is 1.00. The van der Waals surface area contributed by atoms with E-state index in [-0.39, 0.29) is 5.60 Å². The van der Waals surface area contributed by atoms with Crippen LogP contribution in [0.3, 0.4) is 0 Å². The molecule has 0 aliphatic carbocycles. The molecule has 2 heteroatoms. The van der Waals surface area contributed by atoms with Gasteiger partial charge in [0.15, 0.2) is 0 Å². The van der Waals surface area contributed by atoms with E-state index in [9.17, 15) is 0 Å². The largest absolute Gasteiger partial charge is 0.375 e. The van der Waals surface area contributed by atoms with Gasteiger partial charge in [0.1, 0.15) is 0 Å². The maximum Gasteiger partial charge on any atom is 0.0837 e. The monoisotopic (exact) mass is 142 g/mol. The van der Waals surface area contributed by atoms with Crippen molar-refractivity contribution in [2.45, 2.75) is 37.9 Å². The fourth-order valence-electron chi connectivity index (χ4n) is 1.58. The SMILES string of the molecule is CCC1(CC2CO2)CCO1. The van der Waals surface area contributed by atoms with Crippen LogP contribution in [-0.2, 0) is 9.47 Å². The zero-order chi connectivity index (χ0) is 7.03. The molecular weight excluding hydrogens is 128 g/mol. The lowest BCUT2D eigenvalue weighted by atomic mass is 9.87. The van der Waals surface area contributed by atoms with E-state index in [1.807, 2.05) is 0 Å². The fourth-order valence-corrected chi connectivity index (χ4v) is 1.58. The smallest absolute Gasteiger partial charge is 0.0837 e. The molecule has 2 aliphatic heterocycles. The molecular formula is C8H14O2. The van der Waals surface area contributed by atoms with Gasteiger partial charge in [-0.3, -0.25) is 0 Å². The van der Waals surface area contributed by atoms with Crippen molar-refractivity contribution in [1.82, 2.24) is 0 Å². The molecule has 2 heterocycles. The second-order valence-corrected chi connectivity index (χ2v) is 3.29. The predicted octanol–water partition coefficient (Wildman–Crippen LogP) is 1.34. The molecule has 0 spiro atoms. The van der Waals surface area contributed by atoms with Gasteiger partial charge in [0.2, 0.25) is 0 Å². The Labute approximate surface area is 61.5 Å². The summed E-state index contributed by atoms with van der Waals surface area (Å²) in [5.74, 6) is 0. The summed E-state index contributed by atoms with van der Waals surface area (Å²) in [6, 6.07) is 0. The molecule has 0 bridgehead atoms. The van der Waals surface area contributed by atoms with Gasteiger partial charge in [-0.05, 0) is 12.8 Å². The van der Waals surface area contributed by atoms with Crippen LogP contribution in [-0.4, -0.2) is 24.9 Å². The van der Waals surface area contributed by atoms with Gasteiger partial charge in [-0.1, -0.05) is 6.92 Å². The number of hydrogen-bond acceptors (Lipinski definition) is 2. The highest BCUT2D eigenvalue weighted by atomic mass is 16.6. The van der Waals surface area contributed by atoms with E-state index in [0.29, 0.717) is 6.10 Å². The van der Waals surface area contributed by atoms with Crippen molar-refractivity contribution >= 4 is 0 Å². The summed E-state index contributed by atoms with van der Waals surface area (Å²) >= 11 is 0. The standard InChI is InChI=1S/C8H14O2/c1-2-8(3-4-10-8)5-7-6-9-7/h7H,2-6H2,1H3. The molecule has 58 valence electrons. The summed E-state index contributed by atoms with van der Waals surface area (Å²) in [6.07, 6.45) is 4.04. The van der Waals surface area contributed by atoms with Crippen molar-refractivity contribution in [1.29, 1.82) is 0 Å². The molecule has 0 aromatic heterocycles. The van der Waals surface area contributed by atoms with Crippen LogP contribution in [0.4, 0.5) is 0 Å². The maximum atomic E-state index is 5.54. The summed E-state index contributed by atoms with van der Waals surface area (Å²) in [4.78, 5) is 0. The molecule has 2 unspecified atom stereocenters. The molecule has 0 N–H and O–H groups in total. The van der Waals surface area contributed by atoms with Crippen LogP contribution < -0.4 is 0 Å². The molecule has 0 aromatic rings. The van der Waals surface area contributed by atoms with E-state index < -0.39 is 0 Å². The second kappa shape index (κ2) is 2.21. The average Bonchev–Trinajstić information content (AvgIpc) is 2.62. The molecule has 2 nitrogen and oxygen atoms in total. The van der Waals surface area contributed by atoms with Crippen LogP contribution in [0.1, 0.15) is 26.2 Å². The van der Waals surface area contributed by atoms with E-state index in [1.54, 1.807) is 0 Å². The molecule has 0 aromatic carbocycles. The lowest BCUT2D eigenvalue weighted by Gasteiger charge is -2.41. The van der Waals surface area contributed by atoms with Crippen molar-refractivity contribution in [2.75, 3.05) is 13.2 Å². The molecule has 2 saturated heterocycles. The Morgan fingerprint density at radius 2 is 2.30 bits per heavy atom. The Morgan fingerprint density at radius 1 is 1.60 bits per heavy atom. The lowest BCUT2D eigenvalue weighted by molar-refractivity contribution is -0.155. The van der Waals surface area contributed by atoms with Crippen molar-refractivity contribution in [3.05, 3.63) is 0 Å². The first-order valence-corrected chi connectivity index (χ1v) is 4.10. The summed E-state index contributed by atoms with van der Waals surface area (Å²) in [7, 11) is 0. The second-order valence-electron chi connectivity index (χ2n) is 3.29. The van der Waals surface area contributed by atoms with Gasteiger partial charge in [0, 0.05) is 6.42 Å². The van der Waals surface area contributed by atoms with Crippen LogP contribution in [0.2, 0.25) is 0 Å². The highest BCUT2D eigenvalue weighted by molar-refractivity contribution is 4.91. The minimum atomic E-state index is 0.223. The Kier molecular flexibility index (Phi) is 1.46. The van der Waals surface area contributed by atoms with Crippen molar-refractivity contribution in [3.8, 4) is 0 Å². The Bertz CT molecular complexity index is 120. The highest BCUT2D eigenvalue weighted by Crippen LogP contribution is 2.37.